The minimum Gasteiger partial charge on any atom is -0.295 e. The quantitative estimate of drug-likeness (QED) is 0.555. The molecule has 1 saturated carbocycles. The molecule has 0 atom stereocenters. The minimum absolute atomic E-state index is 0.203. The van der Waals surface area contributed by atoms with Crippen LogP contribution in [0.5, 0.6) is 0 Å². The van der Waals surface area contributed by atoms with E-state index in [9.17, 15) is 4.79 Å². The Kier molecular flexibility index (Phi) is 4.36. The molecule has 2 rings (SSSR count). The molecule has 1 fully saturated rings. The standard InChI is InChI=1S/C16H22O/c1-13(17)16-11-7-6-10-15(16)12-14-8-4-2-3-5-9-14/h6-7,10-11,14H,2-5,8-9,12H2,1H3. The number of rotatable bonds is 3. The van der Waals surface area contributed by atoms with Gasteiger partial charge in [-0.3, -0.25) is 4.79 Å². The van der Waals surface area contributed by atoms with Gasteiger partial charge in [-0.05, 0) is 24.8 Å². The summed E-state index contributed by atoms with van der Waals surface area (Å²) in [7, 11) is 0. The molecule has 1 nitrogen and oxygen atoms in total. The molecular weight excluding hydrogens is 208 g/mol. The highest BCUT2D eigenvalue weighted by atomic mass is 16.1. The zero-order valence-corrected chi connectivity index (χ0v) is 10.7. The molecule has 0 saturated heterocycles. The Balaban J connectivity index is 2.09. The van der Waals surface area contributed by atoms with Crippen LogP contribution in [0, 0.1) is 5.92 Å². The molecule has 0 N–H and O–H groups in total. The Morgan fingerprint density at radius 2 is 1.76 bits per heavy atom. The summed E-state index contributed by atoms with van der Waals surface area (Å²) in [6.45, 7) is 1.67. The van der Waals surface area contributed by atoms with Gasteiger partial charge < -0.3 is 0 Å². The van der Waals surface area contributed by atoms with E-state index in [1.807, 2.05) is 12.1 Å². The summed E-state index contributed by atoms with van der Waals surface area (Å²) in [6.07, 6.45) is 9.30. The molecule has 17 heavy (non-hydrogen) atoms. The third-order valence-corrected chi connectivity index (χ3v) is 3.88. The van der Waals surface area contributed by atoms with Gasteiger partial charge in [0.15, 0.2) is 5.78 Å². The van der Waals surface area contributed by atoms with Crippen molar-refractivity contribution in [3.8, 4) is 0 Å². The Morgan fingerprint density at radius 3 is 2.41 bits per heavy atom. The van der Waals surface area contributed by atoms with E-state index in [0.717, 1.165) is 17.9 Å². The first-order valence-electron chi connectivity index (χ1n) is 6.86. The second kappa shape index (κ2) is 6.00. The van der Waals surface area contributed by atoms with E-state index in [1.165, 1.54) is 44.1 Å². The van der Waals surface area contributed by atoms with Gasteiger partial charge in [0.2, 0.25) is 0 Å². The number of ketones is 1. The molecule has 0 aliphatic heterocycles. The van der Waals surface area contributed by atoms with Crippen molar-refractivity contribution in [2.24, 2.45) is 5.92 Å². The lowest BCUT2D eigenvalue weighted by Gasteiger charge is -2.15. The predicted molar refractivity (Wildman–Crippen MR) is 71.3 cm³/mol. The van der Waals surface area contributed by atoms with Gasteiger partial charge in [-0.2, -0.15) is 0 Å². The molecule has 0 spiro atoms. The lowest BCUT2D eigenvalue weighted by atomic mass is 9.89. The van der Waals surface area contributed by atoms with Crippen LogP contribution < -0.4 is 0 Å². The summed E-state index contributed by atoms with van der Waals surface area (Å²) in [4.78, 5) is 11.6. The van der Waals surface area contributed by atoms with Crippen LogP contribution >= 0.6 is 0 Å². The molecule has 1 aromatic carbocycles. The summed E-state index contributed by atoms with van der Waals surface area (Å²) in [5.74, 6) is 0.993. The van der Waals surface area contributed by atoms with Crippen LogP contribution in [0.15, 0.2) is 24.3 Å². The monoisotopic (exact) mass is 230 g/mol. The van der Waals surface area contributed by atoms with Crippen LogP contribution in [0.3, 0.4) is 0 Å². The van der Waals surface area contributed by atoms with Gasteiger partial charge in [0.05, 0.1) is 0 Å². The first-order valence-corrected chi connectivity index (χ1v) is 6.86. The van der Waals surface area contributed by atoms with E-state index in [4.69, 9.17) is 0 Å². The first kappa shape index (κ1) is 12.3. The largest absolute Gasteiger partial charge is 0.295 e. The van der Waals surface area contributed by atoms with Gasteiger partial charge in [-0.15, -0.1) is 0 Å². The maximum atomic E-state index is 11.6. The summed E-state index contributed by atoms with van der Waals surface area (Å²) < 4.78 is 0. The van der Waals surface area contributed by atoms with Gasteiger partial charge in [0.25, 0.3) is 0 Å². The van der Waals surface area contributed by atoms with Crippen molar-refractivity contribution in [3.05, 3.63) is 35.4 Å². The van der Waals surface area contributed by atoms with Crippen molar-refractivity contribution >= 4 is 5.78 Å². The summed E-state index contributed by atoms with van der Waals surface area (Å²) >= 11 is 0. The molecule has 0 bridgehead atoms. The number of benzene rings is 1. The molecule has 92 valence electrons. The smallest absolute Gasteiger partial charge is 0.160 e. The van der Waals surface area contributed by atoms with Crippen LogP contribution in [0.2, 0.25) is 0 Å². The van der Waals surface area contributed by atoms with E-state index < -0.39 is 0 Å². The van der Waals surface area contributed by atoms with E-state index in [0.29, 0.717) is 0 Å². The lowest BCUT2D eigenvalue weighted by Crippen LogP contribution is -2.07. The van der Waals surface area contributed by atoms with Crippen molar-refractivity contribution in [3.63, 3.8) is 0 Å². The maximum absolute atomic E-state index is 11.6. The molecule has 1 aliphatic carbocycles. The lowest BCUT2D eigenvalue weighted by molar-refractivity contribution is 0.101. The SMILES string of the molecule is CC(=O)c1ccccc1CC1CCCCCC1. The Bertz CT molecular complexity index is 373. The molecule has 0 amide bonds. The first-order chi connectivity index (χ1) is 8.27. The van der Waals surface area contributed by atoms with Gasteiger partial charge in [-0.25, -0.2) is 0 Å². The Hall–Kier alpha value is -1.11. The molecule has 0 heterocycles. The van der Waals surface area contributed by atoms with Crippen LogP contribution in [-0.4, -0.2) is 5.78 Å². The van der Waals surface area contributed by atoms with Gasteiger partial charge in [0.1, 0.15) is 0 Å². The Labute approximate surface area is 104 Å². The van der Waals surface area contributed by atoms with Crippen molar-refractivity contribution < 1.29 is 4.79 Å². The summed E-state index contributed by atoms with van der Waals surface area (Å²) in [5, 5.41) is 0. The van der Waals surface area contributed by atoms with Crippen molar-refractivity contribution in [2.45, 2.75) is 51.9 Å². The normalized spacial score (nSPS) is 17.7. The fourth-order valence-corrected chi connectivity index (χ4v) is 2.92. The molecule has 1 aromatic rings. The average Bonchev–Trinajstić information content (AvgIpc) is 2.58. The van der Waals surface area contributed by atoms with Crippen LogP contribution in [0.4, 0.5) is 0 Å². The third-order valence-electron chi connectivity index (χ3n) is 3.88. The number of hydrogen-bond acceptors (Lipinski definition) is 1. The van der Waals surface area contributed by atoms with Crippen molar-refractivity contribution in [1.82, 2.24) is 0 Å². The minimum atomic E-state index is 0.203. The Morgan fingerprint density at radius 1 is 1.12 bits per heavy atom. The topological polar surface area (TPSA) is 17.1 Å². The fraction of sp³-hybridized carbons (Fsp3) is 0.562. The van der Waals surface area contributed by atoms with Gasteiger partial charge in [-0.1, -0.05) is 62.8 Å². The molecule has 1 heteroatoms. The van der Waals surface area contributed by atoms with Crippen LogP contribution in [0.1, 0.15) is 61.4 Å². The zero-order chi connectivity index (χ0) is 12.1. The highest BCUT2D eigenvalue weighted by molar-refractivity contribution is 5.95. The average molecular weight is 230 g/mol. The second-order valence-electron chi connectivity index (χ2n) is 5.28. The highest BCUT2D eigenvalue weighted by Gasteiger charge is 2.15. The number of carbonyl (C=O) groups is 1. The van der Waals surface area contributed by atoms with Crippen LogP contribution in [-0.2, 0) is 6.42 Å². The summed E-state index contributed by atoms with van der Waals surface area (Å²) in [6, 6.07) is 8.11. The number of carbonyl (C=O) groups excluding carboxylic acids is 1. The van der Waals surface area contributed by atoms with Gasteiger partial charge >= 0.3 is 0 Å². The molecular formula is C16H22O. The van der Waals surface area contributed by atoms with E-state index >= 15 is 0 Å². The maximum Gasteiger partial charge on any atom is 0.160 e. The predicted octanol–water partition coefficient (Wildman–Crippen LogP) is 4.40. The van der Waals surface area contributed by atoms with Crippen molar-refractivity contribution in [1.29, 1.82) is 0 Å². The molecule has 0 radical (unpaired) electrons. The second-order valence-corrected chi connectivity index (χ2v) is 5.28. The van der Waals surface area contributed by atoms with E-state index in [2.05, 4.69) is 12.1 Å². The molecule has 0 unspecified atom stereocenters. The fourth-order valence-electron chi connectivity index (χ4n) is 2.92. The van der Waals surface area contributed by atoms with E-state index in [1.54, 1.807) is 6.92 Å². The third kappa shape index (κ3) is 3.42. The number of Topliss-reactive ketones (excluding diaryl/α,β-unsaturated/α-hetero) is 1. The summed E-state index contributed by atoms with van der Waals surface area (Å²) in [5.41, 5.74) is 2.18. The zero-order valence-electron chi connectivity index (χ0n) is 10.7. The van der Waals surface area contributed by atoms with Crippen LogP contribution in [0.25, 0.3) is 0 Å². The highest BCUT2D eigenvalue weighted by Crippen LogP contribution is 2.27. The van der Waals surface area contributed by atoms with Gasteiger partial charge in [0, 0.05) is 5.56 Å². The number of hydrogen-bond donors (Lipinski definition) is 0. The molecule has 1 aliphatic rings. The van der Waals surface area contributed by atoms with Crippen molar-refractivity contribution in [2.75, 3.05) is 0 Å². The molecule has 0 aromatic heterocycles. The van der Waals surface area contributed by atoms with E-state index in [-0.39, 0.29) is 5.78 Å².